The number of hydrogen-bond donors (Lipinski definition) is 0. The Morgan fingerprint density at radius 2 is 1.42 bits per heavy atom. The van der Waals surface area contributed by atoms with Gasteiger partial charge in [-0.2, -0.15) is 13.2 Å². The van der Waals surface area contributed by atoms with Gasteiger partial charge in [0.2, 0.25) is 0 Å². The largest absolute Gasteiger partial charge is 0.399 e. The third-order valence-electron chi connectivity index (χ3n) is 3.70. The first-order chi connectivity index (χ1) is 8.20. The van der Waals surface area contributed by atoms with Gasteiger partial charge in [-0.1, -0.05) is 38.7 Å². The molecule has 0 nitrogen and oxygen atoms in total. The number of hydrogen-bond acceptors (Lipinski definition) is 0. The summed E-state index contributed by atoms with van der Waals surface area (Å²) in [6.45, 7) is 10.4. The van der Waals surface area contributed by atoms with Crippen molar-refractivity contribution in [2.45, 2.75) is 52.6 Å². The highest BCUT2D eigenvalue weighted by molar-refractivity contribution is 5.12. The van der Waals surface area contributed by atoms with E-state index in [1.807, 2.05) is 0 Å². The molecule has 0 aromatic carbocycles. The summed E-state index contributed by atoms with van der Waals surface area (Å²) in [5.41, 5.74) is -4.34. The molecule has 0 aliphatic carbocycles. The van der Waals surface area contributed by atoms with E-state index in [2.05, 4.69) is 13.2 Å². The SMILES string of the molecule is C=CC(=C)CCC(C)(C)C(F)(F)C(C)(C)C(F)(F)F. The summed E-state index contributed by atoms with van der Waals surface area (Å²) in [5.74, 6) is -3.89. The zero-order valence-corrected chi connectivity index (χ0v) is 11.8. The zero-order chi connectivity index (χ0) is 15.7. The maximum absolute atomic E-state index is 14.3. The second kappa shape index (κ2) is 5.25. The molecule has 19 heavy (non-hydrogen) atoms. The first-order valence-electron chi connectivity index (χ1n) is 5.95. The van der Waals surface area contributed by atoms with Gasteiger partial charge in [0.1, 0.15) is 5.41 Å². The highest BCUT2D eigenvalue weighted by atomic mass is 19.4. The molecule has 0 bridgehead atoms. The predicted molar refractivity (Wildman–Crippen MR) is 67.1 cm³/mol. The Morgan fingerprint density at radius 3 is 1.74 bits per heavy atom. The molecule has 0 aromatic heterocycles. The molecule has 0 unspecified atom stereocenters. The number of rotatable bonds is 6. The molecule has 0 heterocycles. The molecular formula is C14H21F5. The van der Waals surface area contributed by atoms with Crippen molar-refractivity contribution >= 4 is 0 Å². The minimum atomic E-state index is -4.97. The Labute approximate surface area is 111 Å². The third-order valence-corrected chi connectivity index (χ3v) is 3.70. The van der Waals surface area contributed by atoms with E-state index < -0.39 is 22.9 Å². The standard InChI is InChI=1S/C14H21F5/c1-7-10(2)8-9-11(3,4)13(15,16)12(5,6)14(17,18)19/h7H,1-2,8-9H2,3-6H3. The molecule has 0 saturated heterocycles. The van der Waals surface area contributed by atoms with E-state index >= 15 is 0 Å². The molecular weight excluding hydrogens is 263 g/mol. The zero-order valence-electron chi connectivity index (χ0n) is 11.8. The van der Waals surface area contributed by atoms with Crippen LogP contribution in [0.5, 0.6) is 0 Å². The van der Waals surface area contributed by atoms with Crippen molar-refractivity contribution in [3.8, 4) is 0 Å². The molecule has 0 aliphatic heterocycles. The summed E-state index contributed by atoms with van der Waals surface area (Å²) < 4.78 is 66.9. The van der Waals surface area contributed by atoms with Crippen LogP contribution in [-0.2, 0) is 0 Å². The molecule has 0 aliphatic rings. The van der Waals surface area contributed by atoms with Crippen LogP contribution in [0.1, 0.15) is 40.5 Å². The predicted octanol–water partition coefficient (Wildman–Crippen LogP) is 5.76. The van der Waals surface area contributed by atoms with E-state index in [1.54, 1.807) is 0 Å². The lowest BCUT2D eigenvalue weighted by Gasteiger charge is -2.45. The van der Waals surface area contributed by atoms with E-state index in [4.69, 9.17) is 0 Å². The van der Waals surface area contributed by atoms with Crippen molar-refractivity contribution < 1.29 is 22.0 Å². The molecule has 5 heteroatoms. The molecule has 0 aromatic rings. The van der Waals surface area contributed by atoms with Crippen LogP contribution < -0.4 is 0 Å². The highest BCUT2D eigenvalue weighted by Crippen LogP contribution is 2.57. The molecule has 0 radical (unpaired) electrons. The quantitative estimate of drug-likeness (QED) is 0.430. The van der Waals surface area contributed by atoms with Gasteiger partial charge in [0, 0.05) is 5.41 Å². The fraction of sp³-hybridized carbons (Fsp3) is 0.714. The minimum Gasteiger partial charge on any atom is -0.205 e. The van der Waals surface area contributed by atoms with Gasteiger partial charge in [0.05, 0.1) is 0 Å². The summed E-state index contributed by atoms with van der Waals surface area (Å²) in [4.78, 5) is 0. The Morgan fingerprint density at radius 1 is 1.00 bits per heavy atom. The fourth-order valence-corrected chi connectivity index (χ4v) is 1.76. The van der Waals surface area contributed by atoms with Gasteiger partial charge in [-0.15, -0.1) is 0 Å². The highest BCUT2D eigenvalue weighted by Gasteiger charge is 2.68. The molecule has 0 spiro atoms. The van der Waals surface area contributed by atoms with Crippen LogP contribution in [0.4, 0.5) is 22.0 Å². The van der Waals surface area contributed by atoms with Crippen molar-refractivity contribution in [3.05, 3.63) is 24.8 Å². The monoisotopic (exact) mass is 284 g/mol. The van der Waals surface area contributed by atoms with Gasteiger partial charge < -0.3 is 0 Å². The van der Waals surface area contributed by atoms with E-state index in [9.17, 15) is 22.0 Å². The number of allylic oxidation sites excluding steroid dienone is 2. The summed E-state index contributed by atoms with van der Waals surface area (Å²) in [5, 5.41) is 0. The van der Waals surface area contributed by atoms with Crippen LogP contribution in [0.15, 0.2) is 24.8 Å². The van der Waals surface area contributed by atoms with Gasteiger partial charge in [-0.05, 0) is 26.7 Å². The average molecular weight is 284 g/mol. The van der Waals surface area contributed by atoms with Crippen LogP contribution in [0, 0.1) is 10.8 Å². The van der Waals surface area contributed by atoms with Crippen LogP contribution in [0.3, 0.4) is 0 Å². The lowest BCUT2D eigenvalue weighted by Crippen LogP contribution is -2.55. The Bertz CT molecular complexity index is 347. The van der Waals surface area contributed by atoms with Crippen LogP contribution in [-0.4, -0.2) is 12.1 Å². The summed E-state index contributed by atoms with van der Waals surface area (Å²) in [6.07, 6.45) is -3.45. The van der Waals surface area contributed by atoms with Crippen LogP contribution in [0.2, 0.25) is 0 Å². The van der Waals surface area contributed by atoms with Crippen molar-refractivity contribution in [3.63, 3.8) is 0 Å². The second-order valence-electron chi connectivity index (χ2n) is 5.94. The van der Waals surface area contributed by atoms with Gasteiger partial charge in [-0.25, -0.2) is 8.78 Å². The van der Waals surface area contributed by atoms with Crippen molar-refractivity contribution in [2.75, 3.05) is 0 Å². The molecule has 0 saturated carbocycles. The second-order valence-corrected chi connectivity index (χ2v) is 5.94. The molecule has 0 N–H and O–H groups in total. The maximum atomic E-state index is 14.3. The van der Waals surface area contributed by atoms with Crippen LogP contribution in [0.25, 0.3) is 0 Å². The number of halogens is 5. The Kier molecular flexibility index (Phi) is 5.01. The van der Waals surface area contributed by atoms with Gasteiger partial charge in [0.15, 0.2) is 0 Å². The van der Waals surface area contributed by atoms with Crippen molar-refractivity contribution in [1.29, 1.82) is 0 Å². The Balaban J connectivity index is 5.27. The van der Waals surface area contributed by atoms with E-state index in [1.165, 1.54) is 6.08 Å². The molecule has 112 valence electrons. The fourth-order valence-electron chi connectivity index (χ4n) is 1.76. The first kappa shape index (κ1) is 18.1. The lowest BCUT2D eigenvalue weighted by molar-refractivity contribution is -0.314. The smallest absolute Gasteiger partial charge is 0.205 e. The topological polar surface area (TPSA) is 0 Å². The number of alkyl halides is 5. The summed E-state index contributed by atoms with van der Waals surface area (Å²) in [7, 11) is 0. The molecule has 0 amide bonds. The molecule has 0 atom stereocenters. The van der Waals surface area contributed by atoms with Gasteiger partial charge in [0.25, 0.3) is 5.92 Å². The van der Waals surface area contributed by atoms with Crippen molar-refractivity contribution in [2.24, 2.45) is 10.8 Å². The van der Waals surface area contributed by atoms with E-state index in [0.29, 0.717) is 19.4 Å². The Hall–Kier alpha value is -0.870. The summed E-state index contributed by atoms with van der Waals surface area (Å²) in [6, 6.07) is 0. The maximum Gasteiger partial charge on any atom is 0.399 e. The normalized spacial score (nSPS) is 14.4. The van der Waals surface area contributed by atoms with E-state index in [-0.39, 0.29) is 12.8 Å². The lowest BCUT2D eigenvalue weighted by atomic mass is 9.68. The van der Waals surface area contributed by atoms with Crippen LogP contribution >= 0.6 is 0 Å². The molecule has 0 rings (SSSR count). The van der Waals surface area contributed by atoms with E-state index in [0.717, 1.165) is 13.8 Å². The van der Waals surface area contributed by atoms with Gasteiger partial charge in [-0.3, -0.25) is 0 Å². The minimum absolute atomic E-state index is 0.0929. The first-order valence-corrected chi connectivity index (χ1v) is 5.95. The van der Waals surface area contributed by atoms with Gasteiger partial charge >= 0.3 is 6.18 Å². The summed E-state index contributed by atoms with van der Waals surface area (Å²) >= 11 is 0. The third kappa shape index (κ3) is 3.37. The van der Waals surface area contributed by atoms with Crippen molar-refractivity contribution in [1.82, 2.24) is 0 Å². The average Bonchev–Trinajstić information content (AvgIpc) is 2.23. The molecule has 0 fully saturated rings.